The van der Waals surface area contributed by atoms with Crippen LogP contribution in [0.15, 0.2) is 36.4 Å². The van der Waals surface area contributed by atoms with Gasteiger partial charge in [-0.3, -0.25) is 4.79 Å². The fraction of sp³-hybridized carbons (Fsp3) is 0.429. The van der Waals surface area contributed by atoms with Gasteiger partial charge in [-0.15, -0.1) is 0 Å². The van der Waals surface area contributed by atoms with E-state index in [2.05, 4.69) is 6.92 Å². The van der Waals surface area contributed by atoms with Gasteiger partial charge in [-0.2, -0.15) is 0 Å². The Morgan fingerprint density at radius 3 is 2.58 bits per heavy atom. The summed E-state index contributed by atoms with van der Waals surface area (Å²) in [5.41, 5.74) is 0.338. The lowest BCUT2D eigenvalue weighted by atomic mass is 10.00. The molecule has 1 heterocycles. The Balaban J connectivity index is 1.71. The molecule has 1 fully saturated rings. The molecule has 1 saturated heterocycles. The fourth-order valence-corrected chi connectivity index (χ4v) is 3.59. The van der Waals surface area contributed by atoms with Crippen LogP contribution in [-0.2, 0) is 9.53 Å². The first-order valence-electron chi connectivity index (χ1n) is 9.17. The summed E-state index contributed by atoms with van der Waals surface area (Å²) < 4.78 is 10.7. The molecule has 138 valence electrons. The molecule has 3 rings (SSSR count). The van der Waals surface area contributed by atoms with Crippen molar-refractivity contribution < 1.29 is 19.1 Å². The van der Waals surface area contributed by atoms with Gasteiger partial charge in [0.15, 0.2) is 6.61 Å². The number of hydrogen-bond donors (Lipinski definition) is 0. The summed E-state index contributed by atoms with van der Waals surface area (Å²) >= 11 is 0. The third-order valence-corrected chi connectivity index (χ3v) is 5.03. The van der Waals surface area contributed by atoms with Gasteiger partial charge in [-0.25, -0.2) is 4.79 Å². The standard InChI is InChI=1S/C21H25NO4/c1-3-17-10-6-7-11-22(17)20(23)14-26-21(24)18-12-15-8-4-5-9-16(15)13-19(18)25-2/h4-5,8-9,12-13,17H,3,6-7,10-11,14H2,1-2H3. The highest BCUT2D eigenvalue weighted by Gasteiger charge is 2.26. The Bertz CT molecular complexity index is 802. The summed E-state index contributed by atoms with van der Waals surface area (Å²) in [7, 11) is 1.52. The van der Waals surface area contributed by atoms with E-state index in [9.17, 15) is 9.59 Å². The Hall–Kier alpha value is -2.56. The highest BCUT2D eigenvalue weighted by atomic mass is 16.5. The SMILES string of the molecule is CCC1CCCCN1C(=O)COC(=O)c1cc2ccccc2cc1OC. The predicted molar refractivity (Wildman–Crippen MR) is 100 cm³/mol. The number of piperidine rings is 1. The molecule has 0 radical (unpaired) electrons. The van der Waals surface area contributed by atoms with Crippen LogP contribution in [0.3, 0.4) is 0 Å². The lowest BCUT2D eigenvalue weighted by Gasteiger charge is -2.35. The maximum Gasteiger partial charge on any atom is 0.342 e. The molecular formula is C21H25NO4. The van der Waals surface area contributed by atoms with Crippen molar-refractivity contribution in [2.75, 3.05) is 20.3 Å². The van der Waals surface area contributed by atoms with Crippen LogP contribution in [0.4, 0.5) is 0 Å². The summed E-state index contributed by atoms with van der Waals surface area (Å²) in [6, 6.07) is 11.5. The molecule has 0 aromatic heterocycles. The number of rotatable bonds is 5. The number of benzene rings is 2. The smallest absolute Gasteiger partial charge is 0.342 e. The maximum absolute atomic E-state index is 12.5. The quantitative estimate of drug-likeness (QED) is 0.766. The number of ether oxygens (including phenoxy) is 2. The highest BCUT2D eigenvalue weighted by Crippen LogP contribution is 2.27. The zero-order valence-corrected chi connectivity index (χ0v) is 15.4. The van der Waals surface area contributed by atoms with Gasteiger partial charge in [0, 0.05) is 12.6 Å². The van der Waals surface area contributed by atoms with Crippen molar-refractivity contribution in [1.29, 1.82) is 0 Å². The van der Waals surface area contributed by atoms with Crippen molar-refractivity contribution in [3.05, 3.63) is 42.0 Å². The lowest BCUT2D eigenvalue weighted by Crippen LogP contribution is -2.45. The van der Waals surface area contributed by atoms with Crippen LogP contribution in [0.5, 0.6) is 5.75 Å². The van der Waals surface area contributed by atoms with Crippen molar-refractivity contribution in [3.63, 3.8) is 0 Å². The third-order valence-electron chi connectivity index (χ3n) is 5.03. The summed E-state index contributed by atoms with van der Waals surface area (Å²) in [6.07, 6.45) is 4.11. The van der Waals surface area contributed by atoms with Crippen LogP contribution in [0.2, 0.25) is 0 Å². The Morgan fingerprint density at radius 2 is 1.88 bits per heavy atom. The van der Waals surface area contributed by atoms with E-state index in [0.717, 1.165) is 43.0 Å². The second kappa shape index (κ2) is 8.21. The van der Waals surface area contributed by atoms with Crippen LogP contribution in [-0.4, -0.2) is 43.1 Å². The molecule has 26 heavy (non-hydrogen) atoms. The monoisotopic (exact) mass is 355 g/mol. The number of nitrogens with zero attached hydrogens (tertiary/aromatic N) is 1. The molecule has 0 saturated carbocycles. The molecule has 5 heteroatoms. The molecule has 0 spiro atoms. The predicted octanol–water partition coefficient (Wildman–Crippen LogP) is 3.80. The normalized spacial score (nSPS) is 17.2. The van der Waals surface area contributed by atoms with Gasteiger partial charge in [0.1, 0.15) is 11.3 Å². The zero-order valence-electron chi connectivity index (χ0n) is 15.4. The third kappa shape index (κ3) is 3.82. The van der Waals surface area contributed by atoms with Gasteiger partial charge in [-0.1, -0.05) is 31.2 Å². The van der Waals surface area contributed by atoms with E-state index in [-0.39, 0.29) is 18.6 Å². The number of amides is 1. The number of methoxy groups -OCH3 is 1. The summed E-state index contributed by atoms with van der Waals surface area (Å²) in [4.78, 5) is 26.9. The maximum atomic E-state index is 12.5. The van der Waals surface area contributed by atoms with Crippen LogP contribution < -0.4 is 4.74 Å². The van der Waals surface area contributed by atoms with Gasteiger partial charge in [-0.05, 0) is 48.6 Å². The van der Waals surface area contributed by atoms with E-state index in [1.165, 1.54) is 7.11 Å². The topological polar surface area (TPSA) is 55.8 Å². The van der Waals surface area contributed by atoms with E-state index in [4.69, 9.17) is 9.47 Å². The van der Waals surface area contributed by atoms with Gasteiger partial charge in [0.25, 0.3) is 5.91 Å². The first-order valence-corrected chi connectivity index (χ1v) is 9.17. The summed E-state index contributed by atoms with van der Waals surface area (Å²) in [6.45, 7) is 2.60. The van der Waals surface area contributed by atoms with Gasteiger partial charge in [0.05, 0.1) is 7.11 Å². The average Bonchev–Trinajstić information content (AvgIpc) is 2.70. The average molecular weight is 355 g/mol. The van der Waals surface area contributed by atoms with Crippen molar-refractivity contribution in [2.24, 2.45) is 0 Å². The van der Waals surface area contributed by atoms with Gasteiger partial charge < -0.3 is 14.4 Å². The van der Waals surface area contributed by atoms with E-state index in [1.54, 1.807) is 6.07 Å². The Kier molecular flexibility index (Phi) is 5.76. The van der Waals surface area contributed by atoms with Gasteiger partial charge >= 0.3 is 5.97 Å². The molecule has 0 bridgehead atoms. The summed E-state index contributed by atoms with van der Waals surface area (Å²) in [5.74, 6) is -0.207. The van der Waals surface area contributed by atoms with E-state index in [0.29, 0.717) is 11.3 Å². The van der Waals surface area contributed by atoms with Crippen molar-refractivity contribution >= 4 is 22.6 Å². The number of carbonyl (C=O) groups excluding carboxylic acids is 2. The molecule has 2 aromatic rings. The molecule has 0 N–H and O–H groups in total. The van der Waals surface area contributed by atoms with Crippen LogP contribution in [0.25, 0.3) is 10.8 Å². The minimum atomic E-state index is -0.536. The van der Waals surface area contributed by atoms with Crippen molar-refractivity contribution in [3.8, 4) is 5.75 Å². The Morgan fingerprint density at radius 1 is 1.15 bits per heavy atom. The van der Waals surface area contributed by atoms with Crippen LogP contribution >= 0.6 is 0 Å². The number of esters is 1. The molecule has 0 aliphatic carbocycles. The number of likely N-dealkylation sites (tertiary alicyclic amines) is 1. The number of hydrogen-bond acceptors (Lipinski definition) is 4. The lowest BCUT2D eigenvalue weighted by molar-refractivity contribution is -0.138. The fourth-order valence-electron chi connectivity index (χ4n) is 3.59. The molecule has 2 aromatic carbocycles. The second-order valence-corrected chi connectivity index (χ2v) is 6.62. The number of carbonyl (C=O) groups is 2. The summed E-state index contributed by atoms with van der Waals surface area (Å²) in [5, 5.41) is 1.91. The molecule has 5 nitrogen and oxygen atoms in total. The number of fused-ring (bicyclic) bond motifs is 1. The molecule has 1 amide bonds. The molecule has 1 aliphatic heterocycles. The second-order valence-electron chi connectivity index (χ2n) is 6.62. The molecular weight excluding hydrogens is 330 g/mol. The van der Waals surface area contributed by atoms with Crippen LogP contribution in [0, 0.1) is 0 Å². The van der Waals surface area contributed by atoms with E-state index < -0.39 is 5.97 Å². The Labute approximate surface area is 153 Å². The molecule has 1 aliphatic rings. The zero-order chi connectivity index (χ0) is 18.5. The first kappa shape index (κ1) is 18.2. The van der Waals surface area contributed by atoms with Gasteiger partial charge in [0.2, 0.25) is 0 Å². The molecule has 1 atom stereocenters. The minimum absolute atomic E-state index is 0.121. The van der Waals surface area contributed by atoms with E-state index in [1.807, 2.05) is 35.2 Å². The largest absolute Gasteiger partial charge is 0.496 e. The minimum Gasteiger partial charge on any atom is -0.496 e. The molecule has 1 unspecified atom stereocenters. The van der Waals surface area contributed by atoms with Crippen molar-refractivity contribution in [2.45, 2.75) is 38.6 Å². The van der Waals surface area contributed by atoms with E-state index >= 15 is 0 Å². The highest BCUT2D eigenvalue weighted by molar-refractivity contribution is 5.99. The van der Waals surface area contributed by atoms with Crippen LogP contribution in [0.1, 0.15) is 43.0 Å². The van der Waals surface area contributed by atoms with Crippen molar-refractivity contribution in [1.82, 2.24) is 4.90 Å². The first-order chi connectivity index (χ1) is 12.6.